The van der Waals surface area contributed by atoms with Crippen molar-refractivity contribution in [3.63, 3.8) is 0 Å². The molecular weight excluding hydrogens is 358 g/mol. The van der Waals surface area contributed by atoms with Crippen LogP contribution < -0.4 is 19.5 Å². The van der Waals surface area contributed by atoms with E-state index in [9.17, 15) is 4.79 Å². The molecule has 1 aromatic heterocycles. The zero-order chi connectivity index (χ0) is 19.9. The maximum absolute atomic E-state index is 12.7. The van der Waals surface area contributed by atoms with Gasteiger partial charge in [0.05, 0.1) is 33.4 Å². The molecule has 7 heteroatoms. The van der Waals surface area contributed by atoms with Crippen molar-refractivity contribution in [3.05, 3.63) is 71.5 Å². The van der Waals surface area contributed by atoms with E-state index in [-0.39, 0.29) is 5.91 Å². The van der Waals surface area contributed by atoms with Gasteiger partial charge in [0.25, 0.3) is 5.91 Å². The molecule has 0 aliphatic carbocycles. The van der Waals surface area contributed by atoms with Crippen LogP contribution in [0.2, 0.25) is 0 Å². The summed E-state index contributed by atoms with van der Waals surface area (Å²) in [5.41, 5.74) is 2.49. The number of benzene rings is 2. The van der Waals surface area contributed by atoms with Crippen molar-refractivity contribution in [3.8, 4) is 17.2 Å². The molecule has 3 aromatic rings. The number of methoxy groups -OCH3 is 3. The normalized spacial score (nSPS) is 10.4. The summed E-state index contributed by atoms with van der Waals surface area (Å²) in [5, 5.41) is 7.14. The van der Waals surface area contributed by atoms with Gasteiger partial charge in [-0.3, -0.25) is 9.48 Å². The minimum atomic E-state index is -0.254. The van der Waals surface area contributed by atoms with Gasteiger partial charge in [0, 0.05) is 18.9 Å². The first kappa shape index (κ1) is 19.3. The molecule has 0 radical (unpaired) electrons. The summed E-state index contributed by atoms with van der Waals surface area (Å²) in [4.78, 5) is 12.7. The molecule has 0 saturated heterocycles. The number of ether oxygens (including phenoxy) is 3. The third-order valence-electron chi connectivity index (χ3n) is 4.30. The fourth-order valence-corrected chi connectivity index (χ4v) is 2.98. The number of carbonyl (C=O) groups excluding carboxylic acids is 1. The minimum Gasteiger partial charge on any atom is -0.493 e. The SMILES string of the molecule is COc1ccc(C(=O)NCc2cccc(Cn3cccn3)c2)c(OC)c1OC. The Labute approximate surface area is 163 Å². The molecule has 1 heterocycles. The average molecular weight is 381 g/mol. The lowest BCUT2D eigenvalue weighted by Gasteiger charge is -2.15. The highest BCUT2D eigenvalue weighted by molar-refractivity contribution is 5.98. The van der Waals surface area contributed by atoms with Gasteiger partial charge in [-0.1, -0.05) is 24.3 Å². The molecule has 0 fully saturated rings. The van der Waals surface area contributed by atoms with E-state index in [1.54, 1.807) is 18.3 Å². The summed E-state index contributed by atoms with van der Waals surface area (Å²) >= 11 is 0. The van der Waals surface area contributed by atoms with Gasteiger partial charge in [0.2, 0.25) is 5.75 Å². The smallest absolute Gasteiger partial charge is 0.255 e. The summed E-state index contributed by atoms with van der Waals surface area (Å²) in [6.07, 6.45) is 3.67. The van der Waals surface area contributed by atoms with Crippen molar-refractivity contribution in [2.45, 2.75) is 13.1 Å². The van der Waals surface area contributed by atoms with Gasteiger partial charge in [-0.2, -0.15) is 5.10 Å². The van der Waals surface area contributed by atoms with E-state index < -0.39 is 0 Å². The van der Waals surface area contributed by atoms with Gasteiger partial charge >= 0.3 is 0 Å². The van der Waals surface area contributed by atoms with Crippen LogP contribution in [0.3, 0.4) is 0 Å². The van der Waals surface area contributed by atoms with E-state index >= 15 is 0 Å². The molecule has 0 atom stereocenters. The zero-order valence-electron chi connectivity index (χ0n) is 16.1. The largest absolute Gasteiger partial charge is 0.493 e. The molecule has 1 amide bonds. The second-order valence-electron chi connectivity index (χ2n) is 6.09. The summed E-state index contributed by atoms with van der Waals surface area (Å²) in [5.74, 6) is 0.975. The Kier molecular flexibility index (Phi) is 6.16. The average Bonchev–Trinajstić information content (AvgIpc) is 3.24. The van der Waals surface area contributed by atoms with E-state index in [2.05, 4.69) is 10.4 Å². The van der Waals surface area contributed by atoms with E-state index in [0.717, 1.165) is 11.1 Å². The molecule has 2 aromatic carbocycles. The highest BCUT2D eigenvalue weighted by atomic mass is 16.5. The van der Waals surface area contributed by atoms with E-state index in [1.807, 2.05) is 41.2 Å². The zero-order valence-corrected chi connectivity index (χ0v) is 16.1. The van der Waals surface area contributed by atoms with Gasteiger partial charge < -0.3 is 19.5 Å². The molecule has 0 aliphatic heterocycles. The molecule has 0 bridgehead atoms. The summed E-state index contributed by atoms with van der Waals surface area (Å²) in [6, 6.07) is 13.2. The van der Waals surface area contributed by atoms with Crippen LogP contribution in [0, 0.1) is 0 Å². The van der Waals surface area contributed by atoms with Crippen molar-refractivity contribution < 1.29 is 19.0 Å². The van der Waals surface area contributed by atoms with E-state index in [0.29, 0.717) is 35.9 Å². The van der Waals surface area contributed by atoms with Gasteiger partial charge in [-0.25, -0.2) is 0 Å². The first-order valence-corrected chi connectivity index (χ1v) is 8.78. The Balaban J connectivity index is 1.72. The van der Waals surface area contributed by atoms with Gasteiger partial charge in [-0.15, -0.1) is 0 Å². The molecule has 1 N–H and O–H groups in total. The lowest BCUT2D eigenvalue weighted by molar-refractivity contribution is 0.0947. The molecule has 146 valence electrons. The number of aromatic nitrogens is 2. The Morgan fingerprint density at radius 2 is 1.79 bits per heavy atom. The topological polar surface area (TPSA) is 74.6 Å². The van der Waals surface area contributed by atoms with Gasteiger partial charge in [0.15, 0.2) is 11.5 Å². The fraction of sp³-hybridized carbons (Fsp3) is 0.238. The second kappa shape index (κ2) is 8.94. The van der Waals surface area contributed by atoms with Crippen molar-refractivity contribution in [1.29, 1.82) is 0 Å². The summed E-state index contributed by atoms with van der Waals surface area (Å²) in [6.45, 7) is 1.07. The van der Waals surface area contributed by atoms with Crippen LogP contribution in [0.1, 0.15) is 21.5 Å². The molecule has 3 rings (SSSR count). The van der Waals surface area contributed by atoms with Crippen LogP contribution >= 0.6 is 0 Å². The van der Waals surface area contributed by atoms with Crippen LogP contribution in [0.5, 0.6) is 17.2 Å². The number of rotatable bonds is 8. The molecule has 7 nitrogen and oxygen atoms in total. The lowest BCUT2D eigenvalue weighted by Crippen LogP contribution is -2.23. The highest BCUT2D eigenvalue weighted by Crippen LogP contribution is 2.39. The molecule has 0 aliphatic rings. The first-order valence-electron chi connectivity index (χ1n) is 8.78. The number of carbonyl (C=O) groups is 1. The molecular formula is C21H23N3O4. The number of nitrogens with one attached hydrogen (secondary N) is 1. The van der Waals surface area contributed by atoms with Gasteiger partial charge in [0.1, 0.15) is 0 Å². The highest BCUT2D eigenvalue weighted by Gasteiger charge is 2.20. The van der Waals surface area contributed by atoms with Crippen molar-refractivity contribution in [2.75, 3.05) is 21.3 Å². The predicted octanol–water partition coefficient (Wildman–Crippen LogP) is 2.89. The van der Waals surface area contributed by atoms with E-state index in [4.69, 9.17) is 14.2 Å². The van der Waals surface area contributed by atoms with Crippen LogP contribution in [-0.4, -0.2) is 37.0 Å². The third kappa shape index (κ3) is 4.25. The molecule has 0 spiro atoms. The monoisotopic (exact) mass is 381 g/mol. The predicted molar refractivity (Wildman–Crippen MR) is 105 cm³/mol. The van der Waals surface area contributed by atoms with Crippen LogP contribution in [0.4, 0.5) is 0 Å². The number of nitrogens with zero attached hydrogens (tertiary/aromatic N) is 2. The van der Waals surface area contributed by atoms with Crippen LogP contribution in [0.25, 0.3) is 0 Å². The molecule has 0 unspecified atom stereocenters. The minimum absolute atomic E-state index is 0.254. The van der Waals surface area contributed by atoms with Gasteiger partial charge in [-0.05, 0) is 29.3 Å². The third-order valence-corrected chi connectivity index (χ3v) is 4.30. The van der Waals surface area contributed by atoms with Crippen molar-refractivity contribution >= 4 is 5.91 Å². The number of amides is 1. The van der Waals surface area contributed by atoms with Crippen LogP contribution in [0.15, 0.2) is 54.9 Å². The number of hydrogen-bond acceptors (Lipinski definition) is 5. The Morgan fingerprint density at radius 3 is 2.46 bits per heavy atom. The summed E-state index contributed by atoms with van der Waals surface area (Å²) in [7, 11) is 4.53. The first-order chi connectivity index (χ1) is 13.7. The van der Waals surface area contributed by atoms with Crippen molar-refractivity contribution in [1.82, 2.24) is 15.1 Å². The van der Waals surface area contributed by atoms with E-state index in [1.165, 1.54) is 21.3 Å². The maximum Gasteiger partial charge on any atom is 0.255 e. The fourth-order valence-electron chi connectivity index (χ4n) is 2.98. The lowest BCUT2D eigenvalue weighted by atomic mass is 10.1. The molecule has 0 saturated carbocycles. The Morgan fingerprint density at radius 1 is 1.00 bits per heavy atom. The second-order valence-corrected chi connectivity index (χ2v) is 6.09. The quantitative estimate of drug-likeness (QED) is 0.649. The van der Waals surface area contributed by atoms with Crippen LogP contribution in [-0.2, 0) is 13.1 Å². The maximum atomic E-state index is 12.7. The Hall–Kier alpha value is -3.48. The number of hydrogen-bond donors (Lipinski definition) is 1. The summed E-state index contributed by atoms with van der Waals surface area (Å²) < 4.78 is 17.8. The standard InChI is InChI=1S/C21H23N3O4/c1-26-18-9-8-17(19(27-2)20(18)28-3)21(25)22-13-15-6-4-7-16(12-15)14-24-11-5-10-23-24/h4-12H,13-14H2,1-3H3,(H,22,25). The Bertz CT molecular complexity index is 939. The molecule has 28 heavy (non-hydrogen) atoms. The van der Waals surface area contributed by atoms with Crippen molar-refractivity contribution in [2.24, 2.45) is 0 Å².